The summed E-state index contributed by atoms with van der Waals surface area (Å²) >= 11 is 1.76. The van der Waals surface area contributed by atoms with Crippen molar-refractivity contribution in [2.45, 2.75) is 24.4 Å². The van der Waals surface area contributed by atoms with Crippen molar-refractivity contribution in [3.8, 4) is 11.4 Å². The van der Waals surface area contributed by atoms with Crippen molar-refractivity contribution < 1.29 is 9.26 Å². The summed E-state index contributed by atoms with van der Waals surface area (Å²) in [5.74, 6) is 3.03. The number of aryl methyl sites for hydroxylation is 1. The zero-order valence-electron chi connectivity index (χ0n) is 17.7. The first-order chi connectivity index (χ1) is 15.8. The van der Waals surface area contributed by atoms with Crippen LogP contribution in [0.1, 0.15) is 18.1 Å². The maximum absolute atomic E-state index is 5.45. The molecule has 32 heavy (non-hydrogen) atoms. The Balaban J connectivity index is 1.22. The molecular weight excluding hydrogens is 424 g/mol. The number of morpholine rings is 1. The van der Waals surface area contributed by atoms with E-state index in [0.717, 1.165) is 78.8 Å². The topological polar surface area (TPSA) is 90.1 Å². The van der Waals surface area contributed by atoms with Gasteiger partial charge in [-0.15, -0.1) is 11.8 Å². The first kappa shape index (κ1) is 21.0. The fourth-order valence-electron chi connectivity index (χ4n) is 3.60. The van der Waals surface area contributed by atoms with E-state index in [4.69, 9.17) is 19.2 Å². The molecule has 0 radical (unpaired) electrons. The lowest BCUT2D eigenvalue weighted by molar-refractivity contribution is 0.0330. The zero-order chi connectivity index (χ0) is 21.6. The molecule has 5 rings (SSSR count). The van der Waals surface area contributed by atoms with Crippen LogP contribution >= 0.6 is 11.8 Å². The molecular formula is C23H24N6O2S. The highest BCUT2D eigenvalue weighted by Gasteiger charge is 2.15. The van der Waals surface area contributed by atoms with Gasteiger partial charge < -0.3 is 9.26 Å². The summed E-state index contributed by atoms with van der Waals surface area (Å²) in [6, 6.07) is 12.0. The van der Waals surface area contributed by atoms with E-state index in [1.165, 1.54) is 0 Å². The maximum atomic E-state index is 5.45. The molecule has 0 saturated carbocycles. The van der Waals surface area contributed by atoms with Crippen molar-refractivity contribution in [1.29, 1.82) is 0 Å². The van der Waals surface area contributed by atoms with Crippen molar-refractivity contribution >= 4 is 22.7 Å². The summed E-state index contributed by atoms with van der Waals surface area (Å²) in [5.41, 5.74) is 1.90. The van der Waals surface area contributed by atoms with E-state index < -0.39 is 0 Å². The predicted octanol–water partition coefficient (Wildman–Crippen LogP) is 3.63. The summed E-state index contributed by atoms with van der Waals surface area (Å²) in [4.78, 5) is 20.6. The SMILES string of the molecule is c1ccc2c(SCCCc3nc(-c4ccncc4)no3)nc(CN3CCOCC3)nc2c1. The van der Waals surface area contributed by atoms with E-state index in [0.29, 0.717) is 11.7 Å². The number of hydrogen-bond acceptors (Lipinski definition) is 9. The van der Waals surface area contributed by atoms with Gasteiger partial charge in [-0.1, -0.05) is 23.4 Å². The Morgan fingerprint density at radius 3 is 2.69 bits per heavy atom. The van der Waals surface area contributed by atoms with Gasteiger partial charge in [0.1, 0.15) is 10.9 Å². The highest BCUT2D eigenvalue weighted by atomic mass is 32.2. The Labute approximate surface area is 190 Å². The third-order valence-corrected chi connectivity index (χ3v) is 6.34. The van der Waals surface area contributed by atoms with Gasteiger partial charge in [-0.3, -0.25) is 9.88 Å². The number of ether oxygens (including phenoxy) is 1. The van der Waals surface area contributed by atoms with Crippen molar-refractivity contribution in [3.05, 3.63) is 60.5 Å². The minimum absolute atomic E-state index is 0.601. The number of thioether (sulfide) groups is 1. The van der Waals surface area contributed by atoms with E-state index in [2.05, 4.69) is 32.2 Å². The van der Waals surface area contributed by atoms with Crippen LogP contribution < -0.4 is 0 Å². The Hall–Kier alpha value is -2.88. The zero-order valence-corrected chi connectivity index (χ0v) is 18.5. The van der Waals surface area contributed by atoms with Crippen molar-refractivity contribution in [3.63, 3.8) is 0 Å². The lowest BCUT2D eigenvalue weighted by atomic mass is 10.2. The summed E-state index contributed by atoms with van der Waals surface area (Å²) < 4.78 is 10.9. The number of pyridine rings is 1. The van der Waals surface area contributed by atoms with Crippen LogP contribution in [0.25, 0.3) is 22.3 Å². The number of nitrogens with zero attached hydrogens (tertiary/aromatic N) is 6. The molecule has 1 aromatic carbocycles. The lowest BCUT2D eigenvalue weighted by Crippen LogP contribution is -2.36. The minimum Gasteiger partial charge on any atom is -0.379 e. The molecule has 0 aliphatic carbocycles. The van der Waals surface area contributed by atoms with Crippen LogP contribution in [0.15, 0.2) is 58.3 Å². The number of aromatic nitrogens is 5. The van der Waals surface area contributed by atoms with E-state index in [9.17, 15) is 0 Å². The number of fused-ring (bicyclic) bond motifs is 1. The largest absolute Gasteiger partial charge is 0.379 e. The predicted molar refractivity (Wildman–Crippen MR) is 122 cm³/mol. The average Bonchev–Trinajstić information content (AvgIpc) is 3.32. The van der Waals surface area contributed by atoms with Crippen LogP contribution in [0.3, 0.4) is 0 Å². The van der Waals surface area contributed by atoms with Gasteiger partial charge in [0.05, 0.1) is 25.3 Å². The third-order valence-electron chi connectivity index (χ3n) is 5.26. The molecule has 0 atom stereocenters. The standard InChI is InChI=1S/C23H24N6O2S/c1-2-5-19-18(4-1)23(26-20(25-19)16-29-11-13-30-14-12-29)32-15-3-6-21-27-22(28-31-21)17-7-9-24-10-8-17/h1-2,4-5,7-10H,3,6,11-16H2. The smallest absolute Gasteiger partial charge is 0.226 e. The summed E-state index contributed by atoms with van der Waals surface area (Å²) in [6.07, 6.45) is 5.09. The van der Waals surface area contributed by atoms with Gasteiger partial charge in [0.2, 0.25) is 11.7 Å². The summed E-state index contributed by atoms with van der Waals surface area (Å²) in [6.45, 7) is 4.14. The van der Waals surface area contributed by atoms with Crippen LogP contribution in [0.5, 0.6) is 0 Å². The Morgan fingerprint density at radius 1 is 0.969 bits per heavy atom. The van der Waals surface area contributed by atoms with E-state index in [1.54, 1.807) is 24.2 Å². The van der Waals surface area contributed by atoms with Crippen LogP contribution in [0.2, 0.25) is 0 Å². The van der Waals surface area contributed by atoms with Crippen molar-refractivity contribution in [1.82, 2.24) is 30.0 Å². The van der Waals surface area contributed by atoms with E-state index in [1.807, 2.05) is 24.3 Å². The molecule has 1 fully saturated rings. The highest BCUT2D eigenvalue weighted by Crippen LogP contribution is 2.26. The molecule has 4 aromatic rings. The third kappa shape index (κ3) is 5.12. The molecule has 1 saturated heterocycles. The molecule has 0 bridgehead atoms. The molecule has 164 valence electrons. The van der Waals surface area contributed by atoms with Crippen LogP contribution in [-0.4, -0.2) is 62.0 Å². The van der Waals surface area contributed by atoms with Crippen LogP contribution in [-0.2, 0) is 17.7 Å². The minimum atomic E-state index is 0.601. The average molecular weight is 449 g/mol. The van der Waals surface area contributed by atoms with Gasteiger partial charge in [-0.05, 0) is 24.6 Å². The monoisotopic (exact) mass is 448 g/mol. The molecule has 1 aliphatic rings. The van der Waals surface area contributed by atoms with Gasteiger partial charge >= 0.3 is 0 Å². The van der Waals surface area contributed by atoms with Gasteiger partial charge in [0.15, 0.2) is 0 Å². The molecule has 4 heterocycles. The van der Waals surface area contributed by atoms with Gasteiger partial charge in [0.25, 0.3) is 0 Å². The molecule has 9 heteroatoms. The van der Waals surface area contributed by atoms with Crippen molar-refractivity contribution in [2.24, 2.45) is 0 Å². The van der Waals surface area contributed by atoms with Crippen LogP contribution in [0.4, 0.5) is 0 Å². The first-order valence-electron chi connectivity index (χ1n) is 10.8. The number of rotatable bonds is 8. The second kappa shape index (κ2) is 10.2. The quantitative estimate of drug-likeness (QED) is 0.228. The first-order valence-corrected chi connectivity index (χ1v) is 11.8. The van der Waals surface area contributed by atoms with Gasteiger partial charge in [-0.2, -0.15) is 4.98 Å². The number of benzene rings is 1. The molecule has 0 N–H and O–H groups in total. The van der Waals surface area contributed by atoms with E-state index >= 15 is 0 Å². The van der Waals surface area contributed by atoms with Gasteiger partial charge in [-0.25, -0.2) is 9.97 Å². The van der Waals surface area contributed by atoms with E-state index in [-0.39, 0.29) is 0 Å². The second-order valence-electron chi connectivity index (χ2n) is 7.55. The highest BCUT2D eigenvalue weighted by molar-refractivity contribution is 7.99. The Morgan fingerprint density at radius 2 is 1.81 bits per heavy atom. The molecule has 0 unspecified atom stereocenters. The molecule has 0 spiro atoms. The summed E-state index contributed by atoms with van der Waals surface area (Å²) in [7, 11) is 0. The molecule has 3 aromatic heterocycles. The van der Waals surface area contributed by atoms with Crippen LogP contribution in [0, 0.1) is 0 Å². The fourth-order valence-corrected chi connectivity index (χ4v) is 4.58. The molecule has 8 nitrogen and oxygen atoms in total. The van der Waals surface area contributed by atoms with Crippen molar-refractivity contribution in [2.75, 3.05) is 32.1 Å². The van der Waals surface area contributed by atoms with Gasteiger partial charge in [0, 0.05) is 48.6 Å². The normalized spacial score (nSPS) is 14.8. The lowest BCUT2D eigenvalue weighted by Gasteiger charge is -2.25. The Kier molecular flexibility index (Phi) is 6.66. The fraction of sp³-hybridized carbons (Fsp3) is 0.348. The molecule has 0 amide bonds. The summed E-state index contributed by atoms with van der Waals surface area (Å²) in [5, 5.41) is 6.20. The number of para-hydroxylation sites is 1. The Bertz CT molecular complexity index is 1160. The second-order valence-corrected chi connectivity index (χ2v) is 8.63. The number of hydrogen-bond donors (Lipinski definition) is 0. The molecule has 1 aliphatic heterocycles. The maximum Gasteiger partial charge on any atom is 0.226 e.